The molecule has 1 aliphatic carbocycles. The number of ketones is 2. The first-order valence-corrected chi connectivity index (χ1v) is 18.6. The fourth-order valence-electron chi connectivity index (χ4n) is 4.88. The Labute approximate surface area is 309 Å². The number of hydrogen-bond acceptors (Lipinski definition) is 16. The molecule has 0 bridgehead atoms. The number of nitrogens with one attached hydrogen (secondary N) is 4. The largest absolute Gasteiger partial charge is 0.397 e. The van der Waals surface area contributed by atoms with Crippen molar-refractivity contribution in [2.24, 2.45) is 0 Å². The molecule has 1 amide bonds. The number of carbonyl (C=O) groups is 3. The second-order valence-corrected chi connectivity index (χ2v) is 14.3. The Kier molecular flexibility index (Phi) is 12.2. The second-order valence-electron chi connectivity index (χ2n) is 10.4. The Morgan fingerprint density at radius 1 is 0.980 bits per heavy atom. The third-order valence-corrected chi connectivity index (χ3v) is 10.9. The van der Waals surface area contributed by atoms with Crippen molar-refractivity contribution in [3.05, 3.63) is 76.9 Å². The first kappa shape index (κ1) is 38.0. The number of nitrogens with two attached hydrogens (primary N) is 1. The van der Waals surface area contributed by atoms with Crippen LogP contribution >= 0.6 is 43.9 Å². The fraction of sp³-hybridized carbons (Fsp3) is 0.172. The van der Waals surface area contributed by atoms with Crippen molar-refractivity contribution in [1.82, 2.24) is 15.0 Å². The van der Waals surface area contributed by atoms with E-state index >= 15 is 0 Å². The van der Waals surface area contributed by atoms with E-state index in [1.165, 1.54) is 24.3 Å². The summed E-state index contributed by atoms with van der Waals surface area (Å²) in [6.45, 7) is 0.214. The molecule has 0 spiro atoms. The van der Waals surface area contributed by atoms with Crippen LogP contribution in [0, 0.1) is 6.08 Å². The number of fused-ring (bicyclic) bond motifs is 2. The van der Waals surface area contributed by atoms with E-state index in [0.717, 1.165) is 6.07 Å². The molecule has 5 rings (SSSR count). The molecule has 268 valence electrons. The van der Waals surface area contributed by atoms with Gasteiger partial charge in [0.25, 0.3) is 10.1 Å². The molecule has 0 saturated carbocycles. The third kappa shape index (κ3) is 8.78. The summed E-state index contributed by atoms with van der Waals surface area (Å²) in [6.07, 6.45) is -0.880. The van der Waals surface area contributed by atoms with E-state index in [4.69, 9.17) is 11.0 Å². The number of amides is 1. The number of halogens is 3. The lowest BCUT2D eigenvalue weighted by Gasteiger charge is -2.23. The van der Waals surface area contributed by atoms with Gasteiger partial charge in [-0.15, -0.1) is 4.33 Å². The highest BCUT2D eigenvalue weighted by molar-refractivity contribution is 9.12. The quantitative estimate of drug-likeness (QED) is 0.0142. The average Bonchev–Trinajstić information content (AvgIpc) is 3.09. The summed E-state index contributed by atoms with van der Waals surface area (Å²) in [5.74, 6) is -2.00. The van der Waals surface area contributed by atoms with E-state index in [1.54, 1.807) is 18.2 Å². The van der Waals surface area contributed by atoms with Gasteiger partial charge in [0, 0.05) is 40.9 Å². The SMILES string of the molecule is Nc1c(S(=O)(=O)O)cc(NCCCNc2nc(F)nc(Nc3cc(NC(=O)C(Br)CBr)ccc3SOOO)n2)c2c1C(=O)c1ccccc1C2=O. The van der Waals surface area contributed by atoms with Crippen LogP contribution in [0.1, 0.15) is 38.3 Å². The standard InChI is InChI=1S/C29H25Br2FN8O9S2/c30-12-16(31)26(43)36-13-6-7-19(50-49-48-44)17(10-13)37-29-39-27(32)38-28(40-29)35-9-3-8-34-18-11-20(51(45,46)47)23(33)22-21(18)24(41)14-4-1-2-5-15(14)25(22)42/h1-2,4-7,10-11,16,34,44H,3,8-9,12,33H2,(H,36,43)(H,45,46,47)(H2,35,37,38,39,40). The molecule has 0 fully saturated rings. The van der Waals surface area contributed by atoms with Crippen LogP contribution in [0.25, 0.3) is 0 Å². The van der Waals surface area contributed by atoms with E-state index in [9.17, 15) is 31.7 Å². The van der Waals surface area contributed by atoms with Gasteiger partial charge >= 0.3 is 6.08 Å². The van der Waals surface area contributed by atoms with E-state index in [2.05, 4.69) is 77.5 Å². The minimum atomic E-state index is -4.88. The molecule has 17 nitrogen and oxygen atoms in total. The van der Waals surface area contributed by atoms with E-state index in [1.807, 2.05) is 0 Å². The summed E-state index contributed by atoms with van der Waals surface area (Å²) in [7, 11) is -4.88. The zero-order valence-electron chi connectivity index (χ0n) is 25.6. The molecular weight excluding hydrogens is 847 g/mol. The maximum atomic E-state index is 14.5. The van der Waals surface area contributed by atoms with Crippen molar-refractivity contribution in [1.29, 1.82) is 0 Å². The molecule has 22 heteroatoms. The first-order valence-electron chi connectivity index (χ1n) is 14.4. The molecular formula is C29H25Br2FN8O9S2. The van der Waals surface area contributed by atoms with Gasteiger partial charge < -0.3 is 27.0 Å². The Morgan fingerprint density at radius 3 is 2.31 bits per heavy atom. The topological polar surface area (TPSA) is 257 Å². The highest BCUT2D eigenvalue weighted by Crippen LogP contribution is 2.39. The van der Waals surface area contributed by atoms with Gasteiger partial charge in [0.05, 0.1) is 39.4 Å². The van der Waals surface area contributed by atoms with Crippen molar-refractivity contribution in [3.63, 3.8) is 0 Å². The minimum Gasteiger partial charge on any atom is -0.397 e. The number of rotatable bonds is 15. The summed E-state index contributed by atoms with van der Waals surface area (Å²) in [4.78, 5) is 49.6. The maximum absolute atomic E-state index is 14.5. The number of benzene rings is 3. The highest BCUT2D eigenvalue weighted by Gasteiger charge is 2.36. The number of nitrogen functional groups attached to an aromatic ring is 1. The second kappa shape index (κ2) is 16.4. The number of nitrogens with zero attached hydrogens (tertiary/aromatic N) is 3. The molecule has 4 aromatic rings. The summed E-state index contributed by atoms with van der Waals surface area (Å²) < 4.78 is 53.1. The van der Waals surface area contributed by atoms with E-state index < -0.39 is 43.2 Å². The predicted octanol–water partition coefficient (Wildman–Crippen LogP) is 4.80. The summed E-state index contributed by atoms with van der Waals surface area (Å²) in [5.41, 5.74) is 5.67. The number of alkyl halides is 2. The van der Waals surface area contributed by atoms with E-state index in [0.29, 0.717) is 28.0 Å². The van der Waals surface area contributed by atoms with Gasteiger partial charge in [0.1, 0.15) is 9.72 Å². The van der Waals surface area contributed by atoms with Crippen molar-refractivity contribution in [2.45, 2.75) is 21.0 Å². The Morgan fingerprint density at radius 2 is 1.65 bits per heavy atom. The van der Waals surface area contributed by atoms with Crippen LogP contribution in [0.4, 0.5) is 39.0 Å². The fourth-order valence-corrected chi connectivity index (χ4v) is 6.37. The zero-order chi connectivity index (χ0) is 36.9. The normalized spacial score (nSPS) is 12.9. The van der Waals surface area contributed by atoms with Crippen LogP contribution in [-0.4, -0.2) is 73.9 Å². The number of carbonyl (C=O) groups excluding carboxylic acids is 3. The lowest BCUT2D eigenvalue weighted by Crippen LogP contribution is -2.25. The first-order chi connectivity index (χ1) is 24.3. The third-order valence-electron chi connectivity index (χ3n) is 7.11. The van der Waals surface area contributed by atoms with Gasteiger partial charge in [-0.2, -0.15) is 27.8 Å². The molecule has 0 aliphatic heterocycles. The molecule has 1 aliphatic rings. The zero-order valence-corrected chi connectivity index (χ0v) is 30.5. The molecule has 1 aromatic heterocycles. The van der Waals surface area contributed by atoms with Crippen LogP contribution in [0.15, 0.2) is 58.3 Å². The van der Waals surface area contributed by atoms with E-state index in [-0.39, 0.29) is 70.9 Å². The molecule has 1 atom stereocenters. The number of anilines is 6. The summed E-state index contributed by atoms with van der Waals surface area (Å²) in [5, 5.41) is 23.9. The average molecular weight is 873 g/mol. The van der Waals surface area contributed by atoms with Gasteiger partial charge in [-0.3, -0.25) is 18.9 Å². The van der Waals surface area contributed by atoms with Crippen LogP contribution in [0.5, 0.6) is 0 Å². The van der Waals surface area contributed by atoms with Crippen LogP contribution in [-0.2, 0) is 24.3 Å². The van der Waals surface area contributed by atoms with Crippen molar-refractivity contribution in [2.75, 3.05) is 45.4 Å². The van der Waals surface area contributed by atoms with Gasteiger partial charge in [0.2, 0.25) is 17.8 Å². The minimum absolute atomic E-state index is 0.0427. The number of aromatic nitrogens is 3. The van der Waals surface area contributed by atoms with Gasteiger partial charge in [-0.05, 0) is 30.7 Å². The Balaban J connectivity index is 1.30. The molecule has 1 heterocycles. The van der Waals surface area contributed by atoms with Crippen LogP contribution in [0.3, 0.4) is 0 Å². The molecule has 3 aromatic carbocycles. The highest BCUT2D eigenvalue weighted by atomic mass is 79.9. The van der Waals surface area contributed by atoms with Gasteiger partial charge in [-0.25, -0.2) is 5.26 Å². The summed E-state index contributed by atoms with van der Waals surface area (Å²) >= 11 is 7.04. The predicted molar refractivity (Wildman–Crippen MR) is 191 cm³/mol. The Hall–Kier alpha value is -4.29. The van der Waals surface area contributed by atoms with Crippen LogP contribution in [0.2, 0.25) is 0 Å². The maximum Gasteiger partial charge on any atom is 0.315 e. The Bertz CT molecular complexity index is 2130. The van der Waals surface area contributed by atoms with Gasteiger partial charge in [0.15, 0.2) is 11.6 Å². The van der Waals surface area contributed by atoms with Crippen molar-refractivity contribution in [3.8, 4) is 0 Å². The van der Waals surface area contributed by atoms with Crippen molar-refractivity contribution >= 4 is 106 Å². The van der Waals surface area contributed by atoms with Crippen molar-refractivity contribution < 1.29 is 46.4 Å². The monoisotopic (exact) mass is 870 g/mol. The van der Waals surface area contributed by atoms with Gasteiger partial charge in [-0.1, -0.05) is 61.2 Å². The molecule has 0 saturated heterocycles. The number of hydrogen-bond donors (Lipinski definition) is 7. The molecule has 51 heavy (non-hydrogen) atoms. The molecule has 8 N–H and O–H groups in total. The lowest BCUT2D eigenvalue weighted by molar-refractivity contribution is -0.432. The molecule has 1 unspecified atom stereocenters. The van der Waals surface area contributed by atoms with Crippen LogP contribution < -0.4 is 27.0 Å². The summed E-state index contributed by atoms with van der Waals surface area (Å²) in [6, 6.07) is 11.5. The lowest BCUT2D eigenvalue weighted by atomic mass is 9.82. The molecule has 0 radical (unpaired) electrons. The smallest absolute Gasteiger partial charge is 0.315 e.